The number of nitrogens with one attached hydrogen (secondary N) is 1. The van der Waals surface area contributed by atoms with Gasteiger partial charge in [-0.25, -0.2) is 9.37 Å². The van der Waals surface area contributed by atoms with E-state index in [1.807, 2.05) is 0 Å². The zero-order valence-electron chi connectivity index (χ0n) is 11.8. The first-order chi connectivity index (χ1) is 9.16. The summed E-state index contributed by atoms with van der Waals surface area (Å²) in [5, 5.41) is 3.23. The predicted octanol–water partition coefficient (Wildman–Crippen LogP) is 3.15. The number of rotatable bonds is 8. The van der Waals surface area contributed by atoms with Crippen molar-refractivity contribution in [1.82, 2.24) is 10.3 Å². The molecule has 3 nitrogen and oxygen atoms in total. The molecule has 1 aliphatic carbocycles. The van der Waals surface area contributed by atoms with E-state index in [9.17, 15) is 4.39 Å². The van der Waals surface area contributed by atoms with Crippen molar-refractivity contribution in [3.63, 3.8) is 0 Å². The van der Waals surface area contributed by atoms with Crippen LogP contribution in [0.2, 0.25) is 0 Å². The standard InChI is InChI=1S/C15H23FN2O/c1-11(2)9-17-10-13-5-7-18-15(14(13)16)19-8-6-12-3-4-12/h5,7,11-12,17H,3-4,6,8-10H2,1-2H3. The minimum Gasteiger partial charge on any atom is -0.476 e. The number of halogens is 1. The molecular weight excluding hydrogens is 243 g/mol. The van der Waals surface area contributed by atoms with Crippen LogP contribution in [0, 0.1) is 17.7 Å². The molecule has 0 radical (unpaired) electrons. The molecule has 0 aliphatic heterocycles. The van der Waals surface area contributed by atoms with Crippen LogP contribution >= 0.6 is 0 Å². The fraction of sp³-hybridized carbons (Fsp3) is 0.667. The van der Waals surface area contributed by atoms with Gasteiger partial charge in [-0.15, -0.1) is 0 Å². The number of nitrogens with zero attached hydrogens (tertiary/aromatic N) is 1. The normalized spacial score (nSPS) is 14.9. The Morgan fingerprint density at radius 1 is 1.47 bits per heavy atom. The minimum atomic E-state index is -0.324. The largest absolute Gasteiger partial charge is 0.476 e. The topological polar surface area (TPSA) is 34.2 Å². The first-order valence-electron chi connectivity index (χ1n) is 7.13. The average Bonchev–Trinajstić information content (AvgIpc) is 3.17. The number of pyridine rings is 1. The zero-order chi connectivity index (χ0) is 13.7. The Kier molecular flexibility index (Phi) is 5.14. The lowest BCUT2D eigenvalue weighted by molar-refractivity contribution is 0.275. The Hall–Kier alpha value is -1.16. The zero-order valence-corrected chi connectivity index (χ0v) is 11.8. The lowest BCUT2D eigenvalue weighted by atomic mass is 10.2. The minimum absolute atomic E-state index is 0.143. The molecule has 1 N–H and O–H groups in total. The van der Waals surface area contributed by atoms with Crippen molar-refractivity contribution in [3.8, 4) is 5.88 Å². The van der Waals surface area contributed by atoms with E-state index in [1.54, 1.807) is 12.3 Å². The molecule has 1 fully saturated rings. The van der Waals surface area contributed by atoms with Gasteiger partial charge in [-0.05, 0) is 30.9 Å². The molecule has 0 aromatic carbocycles. The summed E-state index contributed by atoms with van der Waals surface area (Å²) in [6.07, 6.45) is 5.20. The lowest BCUT2D eigenvalue weighted by Gasteiger charge is -2.11. The molecule has 0 saturated heterocycles. The summed E-state index contributed by atoms with van der Waals surface area (Å²) < 4.78 is 19.6. The quantitative estimate of drug-likeness (QED) is 0.785. The average molecular weight is 266 g/mol. The number of hydrogen-bond donors (Lipinski definition) is 1. The molecule has 1 aromatic rings. The predicted molar refractivity (Wildman–Crippen MR) is 73.6 cm³/mol. The van der Waals surface area contributed by atoms with Crippen LogP contribution in [0.25, 0.3) is 0 Å². The van der Waals surface area contributed by atoms with E-state index in [2.05, 4.69) is 24.1 Å². The van der Waals surface area contributed by atoms with Crippen molar-refractivity contribution in [1.29, 1.82) is 0 Å². The highest BCUT2D eigenvalue weighted by Crippen LogP contribution is 2.32. The Balaban J connectivity index is 1.84. The summed E-state index contributed by atoms with van der Waals surface area (Å²) in [5.74, 6) is 1.16. The summed E-state index contributed by atoms with van der Waals surface area (Å²) in [5.41, 5.74) is 0.622. The van der Waals surface area contributed by atoms with E-state index in [-0.39, 0.29) is 11.7 Å². The van der Waals surface area contributed by atoms with Gasteiger partial charge in [-0.2, -0.15) is 0 Å². The van der Waals surface area contributed by atoms with Crippen LogP contribution in [0.4, 0.5) is 4.39 Å². The van der Waals surface area contributed by atoms with Gasteiger partial charge in [0.1, 0.15) is 0 Å². The molecule has 1 saturated carbocycles. The summed E-state index contributed by atoms with van der Waals surface area (Å²) in [4.78, 5) is 3.97. The van der Waals surface area contributed by atoms with Gasteiger partial charge < -0.3 is 10.1 Å². The molecule has 0 unspecified atom stereocenters. The molecule has 0 atom stereocenters. The maximum atomic E-state index is 14.1. The van der Waals surface area contributed by atoms with E-state index >= 15 is 0 Å². The molecule has 2 rings (SSSR count). The maximum absolute atomic E-state index is 14.1. The molecule has 0 bridgehead atoms. The van der Waals surface area contributed by atoms with Crippen molar-refractivity contribution in [3.05, 3.63) is 23.6 Å². The van der Waals surface area contributed by atoms with E-state index in [1.165, 1.54) is 12.8 Å². The van der Waals surface area contributed by atoms with Crippen molar-refractivity contribution < 1.29 is 9.13 Å². The molecule has 106 valence electrons. The van der Waals surface area contributed by atoms with Crippen LogP contribution in [0.3, 0.4) is 0 Å². The van der Waals surface area contributed by atoms with Gasteiger partial charge in [0, 0.05) is 18.3 Å². The van der Waals surface area contributed by atoms with Gasteiger partial charge in [-0.3, -0.25) is 0 Å². The molecule has 0 amide bonds. The van der Waals surface area contributed by atoms with E-state index in [0.717, 1.165) is 18.9 Å². The molecule has 1 heterocycles. The fourth-order valence-electron chi connectivity index (χ4n) is 1.92. The Morgan fingerprint density at radius 3 is 2.95 bits per heavy atom. The van der Waals surface area contributed by atoms with E-state index < -0.39 is 0 Å². The molecule has 4 heteroatoms. The van der Waals surface area contributed by atoms with Gasteiger partial charge in [0.15, 0.2) is 5.82 Å². The van der Waals surface area contributed by atoms with E-state index in [4.69, 9.17) is 4.74 Å². The summed E-state index contributed by atoms with van der Waals surface area (Å²) in [6.45, 7) is 6.22. The highest BCUT2D eigenvalue weighted by Gasteiger charge is 2.21. The van der Waals surface area contributed by atoms with Crippen molar-refractivity contribution in [2.24, 2.45) is 11.8 Å². The van der Waals surface area contributed by atoms with Crippen LogP contribution in [-0.4, -0.2) is 18.1 Å². The summed E-state index contributed by atoms with van der Waals surface area (Å²) in [7, 11) is 0. The monoisotopic (exact) mass is 266 g/mol. The lowest BCUT2D eigenvalue weighted by Crippen LogP contribution is -2.20. The first kappa shape index (κ1) is 14.3. The van der Waals surface area contributed by atoms with Crippen LogP contribution in [0.1, 0.15) is 38.7 Å². The third-order valence-electron chi connectivity index (χ3n) is 3.27. The van der Waals surface area contributed by atoms with Crippen LogP contribution < -0.4 is 10.1 Å². The molecular formula is C15H23FN2O. The number of aromatic nitrogens is 1. The third kappa shape index (κ3) is 4.78. The van der Waals surface area contributed by atoms with Gasteiger partial charge in [-0.1, -0.05) is 26.7 Å². The van der Waals surface area contributed by atoms with Crippen molar-refractivity contribution in [2.75, 3.05) is 13.2 Å². The maximum Gasteiger partial charge on any atom is 0.250 e. The highest BCUT2D eigenvalue weighted by atomic mass is 19.1. The second kappa shape index (κ2) is 6.85. The fourth-order valence-corrected chi connectivity index (χ4v) is 1.92. The number of ether oxygens (including phenoxy) is 1. The second-order valence-electron chi connectivity index (χ2n) is 5.69. The SMILES string of the molecule is CC(C)CNCc1ccnc(OCCC2CC2)c1F. The van der Waals surface area contributed by atoms with Crippen molar-refractivity contribution in [2.45, 2.75) is 39.7 Å². The van der Waals surface area contributed by atoms with Crippen molar-refractivity contribution >= 4 is 0 Å². The van der Waals surface area contributed by atoms with Crippen LogP contribution in [-0.2, 0) is 6.54 Å². The first-order valence-corrected chi connectivity index (χ1v) is 7.13. The van der Waals surface area contributed by atoms with Gasteiger partial charge >= 0.3 is 0 Å². The van der Waals surface area contributed by atoms with Crippen LogP contribution in [0.5, 0.6) is 5.88 Å². The molecule has 0 spiro atoms. The Bertz CT molecular complexity index is 379. The van der Waals surface area contributed by atoms with Gasteiger partial charge in [0.25, 0.3) is 5.88 Å². The highest BCUT2D eigenvalue weighted by molar-refractivity contribution is 5.23. The summed E-state index contributed by atoms with van der Waals surface area (Å²) >= 11 is 0. The van der Waals surface area contributed by atoms with Gasteiger partial charge in [0.05, 0.1) is 6.61 Å². The molecule has 19 heavy (non-hydrogen) atoms. The second-order valence-corrected chi connectivity index (χ2v) is 5.69. The third-order valence-corrected chi connectivity index (χ3v) is 3.27. The molecule has 1 aliphatic rings. The smallest absolute Gasteiger partial charge is 0.250 e. The Morgan fingerprint density at radius 2 is 2.26 bits per heavy atom. The van der Waals surface area contributed by atoms with Gasteiger partial charge in [0.2, 0.25) is 0 Å². The molecule has 1 aromatic heterocycles. The number of hydrogen-bond acceptors (Lipinski definition) is 3. The van der Waals surface area contributed by atoms with E-state index in [0.29, 0.717) is 24.6 Å². The summed E-state index contributed by atoms with van der Waals surface area (Å²) in [6, 6.07) is 1.70. The Labute approximate surface area is 114 Å². The van der Waals surface area contributed by atoms with Crippen LogP contribution in [0.15, 0.2) is 12.3 Å².